The number of amides is 1. The number of nitrogens with one attached hydrogen (secondary N) is 1. The van der Waals surface area contributed by atoms with E-state index in [0.717, 1.165) is 19.6 Å². The zero-order valence-electron chi connectivity index (χ0n) is 17.6. The summed E-state index contributed by atoms with van der Waals surface area (Å²) in [5, 5.41) is 14.2. The Morgan fingerprint density at radius 3 is 2.53 bits per heavy atom. The maximum Gasteiger partial charge on any atom is 0.263 e. The molecule has 1 amide bonds. The highest BCUT2D eigenvalue weighted by atomic mass is 19.3. The second-order valence-corrected chi connectivity index (χ2v) is 7.73. The Labute approximate surface area is 184 Å². The van der Waals surface area contributed by atoms with Crippen LogP contribution >= 0.6 is 0 Å². The molecule has 1 saturated heterocycles. The van der Waals surface area contributed by atoms with Gasteiger partial charge in [0, 0.05) is 36.8 Å². The van der Waals surface area contributed by atoms with Crippen molar-refractivity contribution in [3.8, 4) is 16.8 Å². The molecular weight excluding hydrogens is 418 g/mol. The average Bonchev–Trinajstić information content (AvgIpc) is 3.34. The Kier molecular flexibility index (Phi) is 6.81. The Morgan fingerprint density at radius 1 is 1.12 bits per heavy atom. The third-order valence-electron chi connectivity index (χ3n) is 5.30. The molecule has 10 heteroatoms. The second kappa shape index (κ2) is 9.92. The summed E-state index contributed by atoms with van der Waals surface area (Å²) >= 11 is 0. The van der Waals surface area contributed by atoms with Crippen molar-refractivity contribution >= 4 is 5.91 Å². The summed E-state index contributed by atoms with van der Waals surface area (Å²) in [5.41, 5.74) is 2.38. The van der Waals surface area contributed by atoms with Crippen LogP contribution in [0.4, 0.5) is 8.78 Å². The van der Waals surface area contributed by atoms with Gasteiger partial charge in [-0.1, -0.05) is 24.3 Å². The lowest BCUT2D eigenvalue weighted by Crippen LogP contribution is -2.46. The van der Waals surface area contributed by atoms with Gasteiger partial charge in [-0.2, -0.15) is 0 Å². The van der Waals surface area contributed by atoms with Crippen LogP contribution in [0.1, 0.15) is 29.3 Å². The average molecular weight is 442 g/mol. The van der Waals surface area contributed by atoms with Crippen molar-refractivity contribution in [2.45, 2.75) is 19.4 Å². The number of tetrazole rings is 1. The molecule has 32 heavy (non-hydrogen) atoms. The lowest BCUT2D eigenvalue weighted by molar-refractivity contribution is 0.0342. The van der Waals surface area contributed by atoms with Gasteiger partial charge in [-0.25, -0.2) is 13.5 Å². The minimum Gasteiger partial charge on any atom is -0.379 e. The molecule has 1 N–H and O–H groups in total. The summed E-state index contributed by atoms with van der Waals surface area (Å²) in [7, 11) is 0. The summed E-state index contributed by atoms with van der Waals surface area (Å²) in [6.07, 6.45) is -1.10. The number of benzene rings is 2. The van der Waals surface area contributed by atoms with Crippen LogP contribution in [0.25, 0.3) is 16.8 Å². The van der Waals surface area contributed by atoms with Crippen LogP contribution < -0.4 is 5.32 Å². The van der Waals surface area contributed by atoms with Crippen molar-refractivity contribution in [3.05, 3.63) is 59.9 Å². The van der Waals surface area contributed by atoms with Crippen LogP contribution in [0.3, 0.4) is 0 Å². The predicted molar refractivity (Wildman–Crippen MR) is 114 cm³/mol. The summed E-state index contributed by atoms with van der Waals surface area (Å²) in [6, 6.07) is 11.2. The normalized spacial score (nSPS) is 15.6. The fourth-order valence-corrected chi connectivity index (χ4v) is 3.67. The molecule has 3 aromatic rings. The minimum absolute atomic E-state index is 0.0553. The standard InChI is InChI=1S/C22H24F2N6O2/c1-15(13-29-6-8-32-9-7-29)26-22(31)19-10-18(11-20(12-19)30-14-25-27-28-30)16-2-4-17(5-3-16)21(23)24/h2-5,10-12,14-15,21H,6-9,13H2,1H3,(H,26,31). The molecule has 1 aliphatic rings. The smallest absolute Gasteiger partial charge is 0.263 e. The van der Waals surface area contributed by atoms with Gasteiger partial charge in [0.1, 0.15) is 6.33 Å². The van der Waals surface area contributed by atoms with E-state index in [1.807, 2.05) is 13.0 Å². The van der Waals surface area contributed by atoms with E-state index in [2.05, 4.69) is 25.7 Å². The van der Waals surface area contributed by atoms with Gasteiger partial charge < -0.3 is 10.1 Å². The Morgan fingerprint density at radius 2 is 1.88 bits per heavy atom. The van der Waals surface area contributed by atoms with E-state index in [0.29, 0.717) is 35.6 Å². The summed E-state index contributed by atoms with van der Waals surface area (Å²) in [4.78, 5) is 15.3. The molecule has 1 aliphatic heterocycles. The molecule has 2 aromatic carbocycles. The molecule has 4 rings (SSSR count). The van der Waals surface area contributed by atoms with E-state index in [1.54, 1.807) is 24.3 Å². The van der Waals surface area contributed by atoms with Crippen molar-refractivity contribution in [2.24, 2.45) is 0 Å². The van der Waals surface area contributed by atoms with Crippen molar-refractivity contribution < 1.29 is 18.3 Å². The first kappa shape index (κ1) is 22.0. The number of hydrogen-bond acceptors (Lipinski definition) is 6. The van der Waals surface area contributed by atoms with Crippen LogP contribution in [0, 0.1) is 0 Å². The maximum atomic E-state index is 13.0. The quantitative estimate of drug-likeness (QED) is 0.606. The topological polar surface area (TPSA) is 85.2 Å². The number of halogens is 2. The number of morpholine rings is 1. The van der Waals surface area contributed by atoms with Crippen LogP contribution in [0.15, 0.2) is 48.8 Å². The van der Waals surface area contributed by atoms with Gasteiger partial charge in [-0.05, 0) is 46.7 Å². The van der Waals surface area contributed by atoms with E-state index in [-0.39, 0.29) is 17.5 Å². The maximum absolute atomic E-state index is 13.0. The Balaban J connectivity index is 1.58. The van der Waals surface area contributed by atoms with Gasteiger partial charge in [-0.3, -0.25) is 9.69 Å². The molecule has 8 nitrogen and oxygen atoms in total. The Bertz CT molecular complexity index is 1040. The number of rotatable bonds is 7. The minimum atomic E-state index is -2.54. The van der Waals surface area contributed by atoms with E-state index in [1.165, 1.54) is 23.1 Å². The summed E-state index contributed by atoms with van der Waals surface area (Å²) < 4.78 is 32.7. The lowest BCUT2D eigenvalue weighted by Gasteiger charge is -2.29. The highest BCUT2D eigenvalue weighted by Crippen LogP contribution is 2.27. The van der Waals surface area contributed by atoms with Gasteiger partial charge in [-0.15, -0.1) is 5.10 Å². The fraction of sp³-hybridized carbons (Fsp3) is 0.364. The third kappa shape index (κ3) is 5.32. The Hall–Kier alpha value is -3.24. The molecule has 0 aliphatic carbocycles. The monoisotopic (exact) mass is 442 g/mol. The molecule has 1 fully saturated rings. The van der Waals surface area contributed by atoms with Gasteiger partial charge >= 0.3 is 0 Å². The lowest BCUT2D eigenvalue weighted by atomic mass is 10.00. The largest absolute Gasteiger partial charge is 0.379 e. The van der Waals surface area contributed by atoms with Crippen molar-refractivity contribution in [3.63, 3.8) is 0 Å². The molecule has 2 heterocycles. The zero-order valence-corrected chi connectivity index (χ0v) is 17.6. The van der Waals surface area contributed by atoms with Gasteiger partial charge in [0.15, 0.2) is 0 Å². The molecule has 1 aromatic heterocycles. The number of carbonyl (C=O) groups is 1. The molecule has 0 radical (unpaired) electrons. The third-order valence-corrected chi connectivity index (χ3v) is 5.30. The predicted octanol–water partition coefficient (Wildman–Crippen LogP) is 2.72. The van der Waals surface area contributed by atoms with Crippen molar-refractivity contribution in [2.75, 3.05) is 32.8 Å². The van der Waals surface area contributed by atoms with E-state index < -0.39 is 6.43 Å². The zero-order chi connectivity index (χ0) is 22.5. The van der Waals surface area contributed by atoms with Gasteiger partial charge in [0.2, 0.25) is 0 Å². The first-order valence-electron chi connectivity index (χ1n) is 10.4. The van der Waals surface area contributed by atoms with Crippen LogP contribution in [-0.4, -0.2) is 69.9 Å². The second-order valence-electron chi connectivity index (χ2n) is 7.73. The van der Waals surface area contributed by atoms with Crippen LogP contribution in [-0.2, 0) is 4.74 Å². The summed E-state index contributed by atoms with van der Waals surface area (Å²) in [5.74, 6) is -0.230. The molecule has 0 bridgehead atoms. The molecule has 0 saturated carbocycles. The molecule has 168 valence electrons. The number of hydrogen-bond donors (Lipinski definition) is 1. The van der Waals surface area contributed by atoms with Gasteiger partial charge in [0.05, 0.1) is 18.9 Å². The van der Waals surface area contributed by atoms with Crippen molar-refractivity contribution in [1.82, 2.24) is 30.4 Å². The number of nitrogens with zero attached hydrogens (tertiary/aromatic N) is 5. The van der Waals surface area contributed by atoms with E-state index in [9.17, 15) is 13.6 Å². The van der Waals surface area contributed by atoms with Gasteiger partial charge in [0.25, 0.3) is 12.3 Å². The van der Waals surface area contributed by atoms with Crippen LogP contribution in [0.5, 0.6) is 0 Å². The van der Waals surface area contributed by atoms with E-state index in [4.69, 9.17) is 4.74 Å². The highest BCUT2D eigenvalue weighted by Gasteiger charge is 2.18. The number of alkyl halides is 2. The molecular formula is C22H24F2N6O2. The number of aromatic nitrogens is 4. The van der Waals surface area contributed by atoms with Crippen molar-refractivity contribution in [1.29, 1.82) is 0 Å². The number of ether oxygens (including phenoxy) is 1. The fourth-order valence-electron chi connectivity index (χ4n) is 3.67. The summed E-state index contributed by atoms with van der Waals surface area (Å²) in [6.45, 7) is 5.76. The SMILES string of the molecule is CC(CN1CCOCC1)NC(=O)c1cc(-c2ccc(C(F)F)cc2)cc(-n2cnnn2)c1. The number of carbonyl (C=O) groups excluding carboxylic acids is 1. The van der Waals surface area contributed by atoms with Crippen LogP contribution in [0.2, 0.25) is 0 Å². The molecule has 0 spiro atoms. The molecule has 1 atom stereocenters. The first-order chi connectivity index (χ1) is 15.5. The first-order valence-corrected chi connectivity index (χ1v) is 10.4. The van der Waals surface area contributed by atoms with E-state index >= 15 is 0 Å². The highest BCUT2D eigenvalue weighted by molar-refractivity contribution is 5.96. The molecule has 1 unspecified atom stereocenters.